The lowest BCUT2D eigenvalue weighted by Crippen LogP contribution is -2.39. The molecule has 26 heavy (non-hydrogen) atoms. The number of esters is 1. The van der Waals surface area contributed by atoms with Gasteiger partial charge in [0.1, 0.15) is 0 Å². The van der Waals surface area contributed by atoms with Crippen molar-refractivity contribution < 1.29 is 14.3 Å². The third kappa shape index (κ3) is 3.79. The number of fused-ring (bicyclic) bond motifs is 2. The summed E-state index contributed by atoms with van der Waals surface area (Å²) < 4.78 is 5.20. The molecule has 2 fully saturated rings. The predicted molar refractivity (Wildman–Crippen MR) is 102 cm³/mol. The zero-order chi connectivity index (χ0) is 19.3. The Bertz CT molecular complexity index is 765. The molecule has 7 heteroatoms. The summed E-state index contributed by atoms with van der Waals surface area (Å²) in [7, 11) is 0. The molecule has 0 unspecified atom stereocenters. The molecule has 2 aliphatic rings. The third-order valence-corrected chi connectivity index (χ3v) is 5.91. The van der Waals surface area contributed by atoms with Gasteiger partial charge in [0.25, 0.3) is 5.91 Å². The first-order chi connectivity index (χ1) is 12.0. The van der Waals surface area contributed by atoms with Crippen LogP contribution in [-0.2, 0) is 9.53 Å². The van der Waals surface area contributed by atoms with Gasteiger partial charge in [0.2, 0.25) is 0 Å². The second kappa shape index (κ2) is 6.61. The van der Waals surface area contributed by atoms with Crippen molar-refractivity contribution >= 4 is 40.8 Å². The first kappa shape index (κ1) is 19.3. The molecule has 1 saturated heterocycles. The van der Waals surface area contributed by atoms with Crippen molar-refractivity contribution in [1.82, 2.24) is 4.90 Å². The van der Waals surface area contributed by atoms with E-state index in [4.69, 9.17) is 33.7 Å². The van der Waals surface area contributed by atoms with Crippen molar-refractivity contribution in [2.24, 2.45) is 10.8 Å². The maximum Gasteiger partial charge on any atom is 0.340 e. The standard InChI is InChI=1S/C19H24Cl2N2O3/c1-18(2)6-12-7-19(3,9-18)10-23(12)15(24)8-26-17(25)13-4-11(20)5-14(21)16(13)22/h4-5,12H,6-10,22H2,1-3H3/t12-,19-/m1/s1. The SMILES string of the molecule is CC1(C)C[C@@H]2C[C@@](C)(CN2C(=O)COC(=O)c2cc(Cl)cc(Cl)c2N)C1. The summed E-state index contributed by atoms with van der Waals surface area (Å²) >= 11 is 11.9. The van der Waals surface area contributed by atoms with Crippen LogP contribution in [0, 0.1) is 10.8 Å². The molecule has 1 aromatic carbocycles. The number of hydrogen-bond donors (Lipinski definition) is 1. The van der Waals surface area contributed by atoms with Crippen LogP contribution in [0.1, 0.15) is 50.4 Å². The zero-order valence-corrected chi connectivity index (χ0v) is 16.8. The largest absolute Gasteiger partial charge is 0.452 e. The second-order valence-corrected chi connectivity index (χ2v) is 9.50. The van der Waals surface area contributed by atoms with Gasteiger partial charge in [0, 0.05) is 17.6 Å². The fraction of sp³-hybridized carbons (Fsp3) is 0.579. The third-order valence-electron chi connectivity index (χ3n) is 5.38. The van der Waals surface area contributed by atoms with Crippen LogP contribution in [0.15, 0.2) is 12.1 Å². The highest BCUT2D eigenvalue weighted by molar-refractivity contribution is 6.37. The average Bonchev–Trinajstić information content (AvgIpc) is 2.77. The highest BCUT2D eigenvalue weighted by Gasteiger charge is 2.50. The number of carbonyl (C=O) groups is 2. The van der Waals surface area contributed by atoms with Crippen molar-refractivity contribution in [1.29, 1.82) is 0 Å². The molecule has 2 bridgehead atoms. The van der Waals surface area contributed by atoms with Crippen LogP contribution in [-0.4, -0.2) is 36.0 Å². The average molecular weight is 399 g/mol. The van der Waals surface area contributed by atoms with Crippen molar-refractivity contribution in [3.63, 3.8) is 0 Å². The quantitative estimate of drug-likeness (QED) is 0.612. The molecule has 1 aliphatic carbocycles. The molecule has 2 N–H and O–H groups in total. The van der Waals surface area contributed by atoms with E-state index in [1.807, 2.05) is 4.90 Å². The zero-order valence-electron chi connectivity index (χ0n) is 15.3. The number of nitrogens with two attached hydrogens (primary N) is 1. The molecule has 0 aromatic heterocycles. The molecule has 1 saturated carbocycles. The van der Waals surface area contributed by atoms with Crippen LogP contribution in [0.4, 0.5) is 5.69 Å². The minimum atomic E-state index is -0.700. The number of halogens is 2. The Hall–Kier alpha value is -1.46. The second-order valence-electron chi connectivity index (χ2n) is 8.66. The Kier molecular flexibility index (Phi) is 4.91. The molecule has 5 nitrogen and oxygen atoms in total. The fourth-order valence-corrected chi connectivity index (χ4v) is 5.29. The lowest BCUT2D eigenvalue weighted by molar-refractivity contribution is -0.135. The van der Waals surface area contributed by atoms with E-state index in [0.29, 0.717) is 6.54 Å². The van der Waals surface area contributed by atoms with Crippen LogP contribution < -0.4 is 5.73 Å². The lowest BCUT2D eigenvalue weighted by atomic mass is 9.65. The van der Waals surface area contributed by atoms with Gasteiger partial charge >= 0.3 is 5.97 Å². The molecule has 1 heterocycles. The van der Waals surface area contributed by atoms with E-state index in [2.05, 4.69) is 20.8 Å². The summed E-state index contributed by atoms with van der Waals surface area (Å²) in [6.45, 7) is 7.13. The Morgan fingerprint density at radius 3 is 2.65 bits per heavy atom. The summed E-state index contributed by atoms with van der Waals surface area (Å²) in [6.07, 6.45) is 3.07. The van der Waals surface area contributed by atoms with Crippen molar-refractivity contribution in [2.45, 2.75) is 46.1 Å². The highest BCUT2D eigenvalue weighted by Crippen LogP contribution is 2.52. The first-order valence-corrected chi connectivity index (χ1v) is 9.46. The number of nitrogens with zero attached hydrogens (tertiary/aromatic N) is 1. The molecule has 1 aromatic rings. The number of rotatable bonds is 3. The van der Waals surface area contributed by atoms with E-state index >= 15 is 0 Å². The Morgan fingerprint density at radius 1 is 1.27 bits per heavy atom. The van der Waals surface area contributed by atoms with Crippen molar-refractivity contribution in [3.05, 3.63) is 27.7 Å². The number of carbonyl (C=O) groups excluding carboxylic acids is 2. The molecule has 142 valence electrons. The van der Waals surface area contributed by atoms with E-state index in [0.717, 1.165) is 19.3 Å². The van der Waals surface area contributed by atoms with Crippen LogP contribution >= 0.6 is 23.2 Å². The van der Waals surface area contributed by atoms with Gasteiger partial charge in [-0.3, -0.25) is 4.79 Å². The van der Waals surface area contributed by atoms with Gasteiger partial charge in [0.15, 0.2) is 6.61 Å². The van der Waals surface area contributed by atoms with Crippen LogP contribution in [0.2, 0.25) is 10.0 Å². The fourth-order valence-electron chi connectivity index (χ4n) is 4.79. The summed E-state index contributed by atoms with van der Waals surface area (Å²) in [4.78, 5) is 26.8. The number of amides is 1. The number of benzene rings is 1. The van der Waals surface area contributed by atoms with E-state index in [1.165, 1.54) is 12.1 Å². The molecule has 2 atom stereocenters. The number of nitrogen functional groups attached to an aromatic ring is 1. The molecular formula is C19H24Cl2N2O3. The van der Waals surface area contributed by atoms with E-state index in [-0.39, 0.29) is 50.7 Å². The van der Waals surface area contributed by atoms with Crippen molar-refractivity contribution in [3.8, 4) is 0 Å². The number of hydrogen-bond acceptors (Lipinski definition) is 4. The van der Waals surface area contributed by atoms with Gasteiger partial charge in [-0.2, -0.15) is 0 Å². The summed E-state index contributed by atoms with van der Waals surface area (Å²) in [5.74, 6) is -0.870. The van der Waals surface area contributed by atoms with E-state index in [1.54, 1.807) is 0 Å². The molecule has 1 amide bonds. The highest BCUT2D eigenvalue weighted by atomic mass is 35.5. The van der Waals surface area contributed by atoms with Crippen LogP contribution in [0.3, 0.4) is 0 Å². The minimum absolute atomic E-state index is 0.0727. The molecular weight excluding hydrogens is 375 g/mol. The van der Waals surface area contributed by atoms with Crippen LogP contribution in [0.5, 0.6) is 0 Å². The lowest BCUT2D eigenvalue weighted by Gasteiger charge is -2.39. The van der Waals surface area contributed by atoms with Gasteiger partial charge in [-0.15, -0.1) is 0 Å². The molecule has 0 radical (unpaired) electrons. The number of likely N-dealkylation sites (tertiary alicyclic amines) is 1. The summed E-state index contributed by atoms with van der Waals surface area (Å²) in [5.41, 5.74) is 6.33. The molecule has 1 aliphatic heterocycles. The maximum absolute atomic E-state index is 12.7. The van der Waals surface area contributed by atoms with E-state index in [9.17, 15) is 9.59 Å². The predicted octanol–water partition coefficient (Wildman–Crippen LogP) is 4.16. The summed E-state index contributed by atoms with van der Waals surface area (Å²) in [5, 5.41) is 0.463. The van der Waals surface area contributed by atoms with Gasteiger partial charge in [-0.05, 0) is 42.2 Å². The smallest absolute Gasteiger partial charge is 0.340 e. The topological polar surface area (TPSA) is 72.6 Å². The monoisotopic (exact) mass is 398 g/mol. The summed E-state index contributed by atoms with van der Waals surface area (Å²) in [6, 6.07) is 3.05. The Morgan fingerprint density at radius 2 is 1.96 bits per heavy atom. The van der Waals surface area contributed by atoms with E-state index < -0.39 is 5.97 Å². The minimum Gasteiger partial charge on any atom is -0.452 e. The van der Waals surface area contributed by atoms with Crippen LogP contribution in [0.25, 0.3) is 0 Å². The number of anilines is 1. The molecule has 3 rings (SSSR count). The maximum atomic E-state index is 12.7. The first-order valence-electron chi connectivity index (χ1n) is 8.71. The van der Waals surface area contributed by atoms with Crippen molar-refractivity contribution in [2.75, 3.05) is 18.9 Å². The normalized spacial score (nSPS) is 26.7. The Labute approximate surface area is 163 Å². The van der Waals surface area contributed by atoms with Gasteiger partial charge in [-0.25, -0.2) is 4.79 Å². The van der Waals surface area contributed by atoms with Gasteiger partial charge in [0.05, 0.1) is 16.3 Å². The molecule has 0 spiro atoms. The number of ether oxygens (including phenoxy) is 1. The van der Waals surface area contributed by atoms with Gasteiger partial charge in [-0.1, -0.05) is 44.0 Å². The van der Waals surface area contributed by atoms with Gasteiger partial charge < -0.3 is 15.4 Å². The Balaban J connectivity index is 1.66.